The van der Waals surface area contributed by atoms with E-state index in [0.717, 1.165) is 23.3 Å². The molecule has 0 fully saturated rings. The number of ether oxygens (including phenoxy) is 2. The maximum Gasteiger partial charge on any atom is 0.187 e. The first-order valence-electron chi connectivity index (χ1n) is 10.3. The fourth-order valence-electron chi connectivity index (χ4n) is 2.90. The number of rotatable bonds is 10. The Labute approximate surface area is 189 Å². The Kier molecular flexibility index (Phi) is 8.88. The van der Waals surface area contributed by atoms with E-state index in [9.17, 15) is 0 Å². The lowest BCUT2D eigenvalue weighted by Crippen LogP contribution is -2.31. The molecule has 0 saturated heterocycles. The number of benzene rings is 3. The van der Waals surface area contributed by atoms with Crippen LogP contribution in [0.25, 0.3) is 0 Å². The summed E-state index contributed by atoms with van der Waals surface area (Å²) in [7, 11) is 0. The first-order chi connectivity index (χ1) is 15.2. The van der Waals surface area contributed by atoms with Gasteiger partial charge in [0.2, 0.25) is 0 Å². The van der Waals surface area contributed by atoms with Crippen molar-refractivity contribution in [3.63, 3.8) is 0 Å². The molecule has 0 aliphatic carbocycles. The van der Waals surface area contributed by atoms with E-state index in [1.807, 2.05) is 73.7 Å². The smallest absolute Gasteiger partial charge is 0.187 e. The van der Waals surface area contributed by atoms with E-state index < -0.39 is 0 Å². The SMILES string of the molecule is CCOc1cc(/C=N/NC(=S)NCc2ccccc2)ccc1OCCc1ccccc1. The molecule has 0 aliphatic rings. The summed E-state index contributed by atoms with van der Waals surface area (Å²) in [5.41, 5.74) is 6.12. The molecule has 0 aliphatic heterocycles. The zero-order chi connectivity index (χ0) is 21.7. The summed E-state index contributed by atoms with van der Waals surface area (Å²) in [6, 6.07) is 26.1. The monoisotopic (exact) mass is 433 g/mol. The van der Waals surface area contributed by atoms with Crippen LogP contribution < -0.4 is 20.2 Å². The van der Waals surface area contributed by atoms with Gasteiger partial charge in [-0.2, -0.15) is 5.10 Å². The van der Waals surface area contributed by atoms with Crippen LogP contribution in [-0.4, -0.2) is 24.5 Å². The summed E-state index contributed by atoms with van der Waals surface area (Å²) in [4.78, 5) is 0. The van der Waals surface area contributed by atoms with Crippen molar-refractivity contribution in [2.45, 2.75) is 19.9 Å². The molecule has 0 bridgehead atoms. The number of nitrogens with zero attached hydrogens (tertiary/aromatic N) is 1. The van der Waals surface area contributed by atoms with Crippen molar-refractivity contribution in [2.24, 2.45) is 5.10 Å². The number of nitrogens with one attached hydrogen (secondary N) is 2. The Morgan fingerprint density at radius 1 is 0.903 bits per heavy atom. The Hall–Kier alpha value is -3.38. The lowest BCUT2D eigenvalue weighted by Gasteiger charge is -2.12. The van der Waals surface area contributed by atoms with Crippen LogP contribution in [0, 0.1) is 0 Å². The highest BCUT2D eigenvalue weighted by Gasteiger charge is 2.06. The second-order valence-corrected chi connectivity index (χ2v) is 7.17. The molecule has 0 unspecified atom stereocenters. The van der Waals surface area contributed by atoms with Gasteiger partial charge in [0.1, 0.15) is 0 Å². The second kappa shape index (κ2) is 12.3. The van der Waals surface area contributed by atoms with Crippen molar-refractivity contribution in [3.05, 3.63) is 95.6 Å². The molecule has 0 spiro atoms. The summed E-state index contributed by atoms with van der Waals surface area (Å²) in [6.45, 7) is 3.74. The maximum absolute atomic E-state index is 5.95. The van der Waals surface area contributed by atoms with Gasteiger partial charge >= 0.3 is 0 Å². The van der Waals surface area contributed by atoms with Crippen molar-refractivity contribution in [3.8, 4) is 11.5 Å². The van der Waals surface area contributed by atoms with Crippen LogP contribution in [-0.2, 0) is 13.0 Å². The summed E-state index contributed by atoms with van der Waals surface area (Å²) in [5.74, 6) is 1.42. The van der Waals surface area contributed by atoms with Gasteiger partial charge in [0.25, 0.3) is 0 Å². The lowest BCUT2D eigenvalue weighted by molar-refractivity contribution is 0.279. The number of thiocarbonyl (C=S) groups is 1. The normalized spacial score (nSPS) is 10.6. The molecular weight excluding hydrogens is 406 g/mol. The third-order valence-corrected chi connectivity index (χ3v) is 4.67. The van der Waals surface area contributed by atoms with E-state index >= 15 is 0 Å². The van der Waals surface area contributed by atoms with Crippen LogP contribution in [0.4, 0.5) is 0 Å². The quantitative estimate of drug-likeness (QED) is 0.276. The summed E-state index contributed by atoms with van der Waals surface area (Å²) in [5, 5.41) is 7.80. The van der Waals surface area contributed by atoms with Crippen LogP contribution in [0.1, 0.15) is 23.6 Å². The van der Waals surface area contributed by atoms with Gasteiger partial charge in [0.05, 0.1) is 19.4 Å². The molecular formula is C25H27N3O2S. The first kappa shape index (κ1) is 22.3. The average molecular weight is 434 g/mol. The van der Waals surface area contributed by atoms with Gasteiger partial charge in [-0.05, 0) is 54.0 Å². The van der Waals surface area contributed by atoms with Crippen LogP contribution in [0.5, 0.6) is 11.5 Å². The van der Waals surface area contributed by atoms with Crippen molar-refractivity contribution in [1.29, 1.82) is 0 Å². The molecule has 5 nitrogen and oxygen atoms in total. The summed E-state index contributed by atoms with van der Waals surface area (Å²) in [6.07, 6.45) is 2.54. The van der Waals surface area contributed by atoms with Crippen molar-refractivity contribution >= 4 is 23.5 Å². The molecule has 0 atom stereocenters. The molecule has 31 heavy (non-hydrogen) atoms. The number of hydrogen-bond acceptors (Lipinski definition) is 4. The van der Waals surface area contributed by atoms with Gasteiger partial charge in [-0.1, -0.05) is 60.7 Å². The van der Waals surface area contributed by atoms with E-state index in [1.54, 1.807) is 6.21 Å². The van der Waals surface area contributed by atoms with Crippen LogP contribution >= 0.6 is 12.2 Å². The van der Waals surface area contributed by atoms with Gasteiger partial charge in [0.15, 0.2) is 16.6 Å². The number of hydrogen-bond donors (Lipinski definition) is 2. The average Bonchev–Trinajstić information content (AvgIpc) is 2.81. The van der Waals surface area contributed by atoms with E-state index in [1.165, 1.54) is 5.56 Å². The van der Waals surface area contributed by atoms with Crippen LogP contribution in [0.15, 0.2) is 84.0 Å². The molecule has 0 saturated carbocycles. The standard InChI is InChI=1S/C25H27N3O2S/c1-2-29-24-17-22(13-14-23(24)30-16-15-20-9-5-3-6-10-20)19-27-28-25(31)26-18-21-11-7-4-8-12-21/h3-14,17,19H,2,15-16,18H2,1H3,(H2,26,28,31)/b27-19+. The van der Waals surface area contributed by atoms with Crippen molar-refractivity contribution in [1.82, 2.24) is 10.7 Å². The van der Waals surface area contributed by atoms with Crippen LogP contribution in [0.2, 0.25) is 0 Å². The molecule has 3 rings (SSSR count). The van der Waals surface area contributed by atoms with Gasteiger partial charge in [0, 0.05) is 13.0 Å². The molecule has 2 N–H and O–H groups in total. The minimum absolute atomic E-state index is 0.464. The second-order valence-electron chi connectivity index (χ2n) is 6.76. The predicted molar refractivity (Wildman–Crippen MR) is 130 cm³/mol. The molecule has 160 valence electrons. The van der Waals surface area contributed by atoms with Gasteiger partial charge in [-0.15, -0.1) is 0 Å². The molecule has 0 radical (unpaired) electrons. The predicted octanol–water partition coefficient (Wildman–Crippen LogP) is 4.71. The summed E-state index contributed by atoms with van der Waals surface area (Å²) >= 11 is 5.26. The third kappa shape index (κ3) is 7.75. The molecule has 0 amide bonds. The first-order valence-corrected chi connectivity index (χ1v) is 10.7. The fourth-order valence-corrected chi connectivity index (χ4v) is 3.02. The highest BCUT2D eigenvalue weighted by molar-refractivity contribution is 7.80. The van der Waals surface area contributed by atoms with E-state index in [2.05, 4.69) is 28.0 Å². The zero-order valence-electron chi connectivity index (χ0n) is 17.6. The molecule has 0 heterocycles. The zero-order valence-corrected chi connectivity index (χ0v) is 18.4. The summed E-state index contributed by atoms with van der Waals surface area (Å²) < 4.78 is 11.7. The van der Waals surface area contributed by atoms with E-state index in [-0.39, 0.29) is 0 Å². The maximum atomic E-state index is 5.95. The Balaban J connectivity index is 1.51. The Morgan fingerprint density at radius 2 is 1.61 bits per heavy atom. The van der Waals surface area contributed by atoms with Gasteiger partial charge in [-0.3, -0.25) is 5.43 Å². The Bertz CT molecular complexity index is 979. The van der Waals surface area contributed by atoms with Crippen LogP contribution in [0.3, 0.4) is 0 Å². The minimum Gasteiger partial charge on any atom is -0.490 e. The van der Waals surface area contributed by atoms with Crippen molar-refractivity contribution < 1.29 is 9.47 Å². The minimum atomic E-state index is 0.464. The third-order valence-electron chi connectivity index (χ3n) is 4.43. The molecule has 0 aromatic heterocycles. The van der Waals surface area contributed by atoms with E-state index in [4.69, 9.17) is 21.7 Å². The van der Waals surface area contributed by atoms with Gasteiger partial charge in [-0.25, -0.2) is 0 Å². The largest absolute Gasteiger partial charge is 0.490 e. The van der Waals surface area contributed by atoms with E-state index in [0.29, 0.717) is 30.6 Å². The highest BCUT2D eigenvalue weighted by atomic mass is 32.1. The molecule has 3 aromatic carbocycles. The highest BCUT2D eigenvalue weighted by Crippen LogP contribution is 2.28. The van der Waals surface area contributed by atoms with Crippen molar-refractivity contribution in [2.75, 3.05) is 13.2 Å². The Morgan fingerprint density at radius 3 is 2.32 bits per heavy atom. The van der Waals surface area contributed by atoms with Gasteiger partial charge < -0.3 is 14.8 Å². The molecule has 3 aromatic rings. The topological polar surface area (TPSA) is 54.9 Å². The lowest BCUT2D eigenvalue weighted by atomic mass is 10.2. The molecule has 6 heteroatoms. The fraction of sp³-hybridized carbons (Fsp3) is 0.200. The number of hydrazone groups is 1.